The molecule has 4 nitrogen and oxygen atoms in total. The number of ether oxygens (including phenoxy) is 1. The smallest absolute Gasteiger partial charge is 0.331 e. The molecule has 5 heteroatoms. The Bertz CT molecular complexity index is 567. The molecule has 0 saturated heterocycles. The Morgan fingerprint density at radius 2 is 2.18 bits per heavy atom. The third-order valence-corrected chi connectivity index (χ3v) is 2.97. The molecule has 2 aliphatic heterocycles. The number of anilines is 1. The summed E-state index contributed by atoms with van der Waals surface area (Å²) >= 11 is 0. The van der Waals surface area contributed by atoms with Gasteiger partial charge in [0.15, 0.2) is 0 Å². The van der Waals surface area contributed by atoms with Gasteiger partial charge in [0.1, 0.15) is 5.82 Å². The Hall–Kier alpha value is -2.17. The van der Waals surface area contributed by atoms with Crippen LogP contribution in [0.25, 0.3) is 0 Å². The van der Waals surface area contributed by atoms with Crippen LogP contribution in [0.2, 0.25) is 0 Å². The van der Waals surface area contributed by atoms with Gasteiger partial charge in [0, 0.05) is 23.7 Å². The third kappa shape index (κ3) is 1.28. The number of benzene rings is 1. The predicted molar refractivity (Wildman–Crippen MR) is 56.6 cm³/mol. The molecule has 17 heavy (non-hydrogen) atoms. The molecule has 1 atom stereocenters. The Morgan fingerprint density at radius 3 is 2.94 bits per heavy atom. The van der Waals surface area contributed by atoms with E-state index in [1.165, 1.54) is 24.3 Å². The zero-order valence-electron chi connectivity index (χ0n) is 8.70. The Labute approximate surface area is 96.1 Å². The fourth-order valence-electron chi connectivity index (χ4n) is 2.18. The van der Waals surface area contributed by atoms with Gasteiger partial charge in [-0.3, -0.25) is 4.79 Å². The molecule has 0 bridgehead atoms. The van der Waals surface area contributed by atoms with Gasteiger partial charge >= 0.3 is 5.97 Å². The lowest BCUT2D eigenvalue weighted by atomic mass is 9.90. The molecule has 1 aromatic rings. The average molecular weight is 233 g/mol. The molecule has 1 amide bonds. The summed E-state index contributed by atoms with van der Waals surface area (Å²) in [5, 5.41) is 2.59. The Morgan fingerprint density at radius 1 is 1.35 bits per heavy atom. The highest BCUT2D eigenvalue weighted by atomic mass is 19.1. The van der Waals surface area contributed by atoms with Gasteiger partial charge < -0.3 is 10.1 Å². The van der Waals surface area contributed by atoms with E-state index >= 15 is 0 Å². The maximum absolute atomic E-state index is 13.2. The first-order valence-corrected chi connectivity index (χ1v) is 5.13. The van der Waals surface area contributed by atoms with E-state index in [0.717, 1.165) is 0 Å². The van der Waals surface area contributed by atoms with Crippen molar-refractivity contribution in [3.05, 3.63) is 41.7 Å². The molecule has 0 fully saturated rings. The van der Waals surface area contributed by atoms with E-state index in [1.807, 2.05) is 0 Å². The SMILES string of the molecule is O=C1C=CC[C@]2(O1)C(=O)Nc1ccc(F)cc12. The first-order valence-electron chi connectivity index (χ1n) is 5.13. The second-order valence-corrected chi connectivity index (χ2v) is 4.00. The molecular weight excluding hydrogens is 225 g/mol. The first kappa shape index (κ1) is 10.0. The summed E-state index contributed by atoms with van der Waals surface area (Å²) in [7, 11) is 0. The van der Waals surface area contributed by atoms with Crippen molar-refractivity contribution in [2.45, 2.75) is 12.0 Å². The molecule has 0 aromatic heterocycles. The van der Waals surface area contributed by atoms with Crippen LogP contribution in [0.5, 0.6) is 0 Å². The fraction of sp³-hybridized carbons (Fsp3) is 0.167. The third-order valence-electron chi connectivity index (χ3n) is 2.97. The molecule has 1 N–H and O–H groups in total. The standard InChI is InChI=1S/C12H8FNO3/c13-7-3-4-9-8(6-7)12(11(16)14-9)5-1-2-10(15)17-12/h1-4,6H,5H2,(H,14,16)/t12-/m1/s1. The molecule has 2 heterocycles. The molecule has 0 unspecified atom stereocenters. The van der Waals surface area contributed by atoms with Gasteiger partial charge in [0.05, 0.1) is 0 Å². The number of hydrogen-bond acceptors (Lipinski definition) is 3. The minimum absolute atomic E-state index is 0.223. The van der Waals surface area contributed by atoms with Crippen LogP contribution in [0.15, 0.2) is 30.4 Å². The number of amides is 1. The highest BCUT2D eigenvalue weighted by molar-refractivity contribution is 6.07. The van der Waals surface area contributed by atoms with Crippen molar-refractivity contribution in [2.75, 3.05) is 5.32 Å². The van der Waals surface area contributed by atoms with Crippen LogP contribution in [-0.2, 0) is 19.9 Å². The molecular formula is C12H8FNO3. The minimum atomic E-state index is -1.40. The monoisotopic (exact) mass is 233 g/mol. The lowest BCUT2D eigenvalue weighted by Crippen LogP contribution is -2.40. The number of rotatable bonds is 0. The van der Waals surface area contributed by atoms with E-state index in [-0.39, 0.29) is 6.42 Å². The lowest BCUT2D eigenvalue weighted by molar-refractivity contribution is -0.163. The molecule has 0 saturated carbocycles. The molecule has 86 valence electrons. The maximum Gasteiger partial charge on any atom is 0.331 e. The molecule has 0 aliphatic carbocycles. The normalized spacial score (nSPS) is 25.7. The average Bonchev–Trinajstić information content (AvgIpc) is 2.53. The zero-order chi connectivity index (χ0) is 12.0. The highest BCUT2D eigenvalue weighted by Gasteiger charge is 2.50. The summed E-state index contributed by atoms with van der Waals surface area (Å²) in [6, 6.07) is 3.93. The molecule has 2 aliphatic rings. The summed E-state index contributed by atoms with van der Waals surface area (Å²) in [6.45, 7) is 0. The van der Waals surface area contributed by atoms with Crippen LogP contribution < -0.4 is 5.32 Å². The second kappa shape index (κ2) is 3.16. The minimum Gasteiger partial charge on any atom is -0.440 e. The van der Waals surface area contributed by atoms with Gasteiger partial charge in [0.25, 0.3) is 5.91 Å². The van der Waals surface area contributed by atoms with Crippen LogP contribution in [0, 0.1) is 5.82 Å². The predicted octanol–water partition coefficient (Wildman–Crippen LogP) is 1.48. The molecule has 0 radical (unpaired) electrons. The van der Waals surface area contributed by atoms with Gasteiger partial charge in [0.2, 0.25) is 5.60 Å². The van der Waals surface area contributed by atoms with Crippen molar-refractivity contribution >= 4 is 17.6 Å². The van der Waals surface area contributed by atoms with E-state index in [4.69, 9.17) is 4.74 Å². The van der Waals surface area contributed by atoms with Crippen LogP contribution in [0.1, 0.15) is 12.0 Å². The maximum atomic E-state index is 13.2. The summed E-state index contributed by atoms with van der Waals surface area (Å²) in [5.41, 5.74) is -0.539. The number of halogens is 1. The Balaban J connectivity index is 2.19. The largest absolute Gasteiger partial charge is 0.440 e. The van der Waals surface area contributed by atoms with E-state index in [1.54, 1.807) is 6.08 Å². The van der Waals surface area contributed by atoms with E-state index in [0.29, 0.717) is 11.3 Å². The van der Waals surface area contributed by atoms with Gasteiger partial charge in [-0.1, -0.05) is 6.08 Å². The lowest BCUT2D eigenvalue weighted by Gasteiger charge is -2.28. The number of carbonyl (C=O) groups is 2. The number of esters is 1. The van der Waals surface area contributed by atoms with Gasteiger partial charge in [-0.15, -0.1) is 0 Å². The van der Waals surface area contributed by atoms with Crippen LogP contribution in [0.4, 0.5) is 10.1 Å². The van der Waals surface area contributed by atoms with E-state index < -0.39 is 23.3 Å². The van der Waals surface area contributed by atoms with Crippen LogP contribution in [-0.4, -0.2) is 11.9 Å². The number of carbonyl (C=O) groups excluding carboxylic acids is 2. The number of hydrogen-bond donors (Lipinski definition) is 1. The summed E-state index contributed by atoms with van der Waals surface area (Å²) < 4.78 is 18.4. The zero-order valence-corrected chi connectivity index (χ0v) is 8.70. The van der Waals surface area contributed by atoms with Crippen molar-refractivity contribution < 1.29 is 18.7 Å². The van der Waals surface area contributed by atoms with Crippen molar-refractivity contribution in [3.63, 3.8) is 0 Å². The summed E-state index contributed by atoms with van der Waals surface area (Å²) in [6.07, 6.45) is 3.04. The molecule has 3 rings (SSSR count). The van der Waals surface area contributed by atoms with Crippen molar-refractivity contribution in [1.82, 2.24) is 0 Å². The van der Waals surface area contributed by atoms with E-state index in [9.17, 15) is 14.0 Å². The summed E-state index contributed by atoms with van der Waals surface area (Å²) in [5.74, 6) is -1.50. The first-order chi connectivity index (χ1) is 8.12. The van der Waals surface area contributed by atoms with Crippen LogP contribution >= 0.6 is 0 Å². The van der Waals surface area contributed by atoms with Gasteiger partial charge in [-0.25, -0.2) is 9.18 Å². The van der Waals surface area contributed by atoms with Gasteiger partial charge in [-0.2, -0.15) is 0 Å². The van der Waals surface area contributed by atoms with Crippen molar-refractivity contribution in [3.8, 4) is 0 Å². The second-order valence-electron chi connectivity index (χ2n) is 4.00. The Kier molecular flexibility index (Phi) is 1.86. The fourth-order valence-corrected chi connectivity index (χ4v) is 2.18. The summed E-state index contributed by atoms with van der Waals surface area (Å²) in [4.78, 5) is 23.2. The number of fused-ring (bicyclic) bond motifs is 2. The van der Waals surface area contributed by atoms with Crippen LogP contribution in [0.3, 0.4) is 0 Å². The number of nitrogens with one attached hydrogen (secondary N) is 1. The van der Waals surface area contributed by atoms with Crippen molar-refractivity contribution in [2.24, 2.45) is 0 Å². The molecule has 1 aromatic carbocycles. The topological polar surface area (TPSA) is 55.4 Å². The van der Waals surface area contributed by atoms with Crippen molar-refractivity contribution in [1.29, 1.82) is 0 Å². The van der Waals surface area contributed by atoms with E-state index in [2.05, 4.69) is 5.32 Å². The highest BCUT2D eigenvalue weighted by Crippen LogP contribution is 2.43. The molecule has 1 spiro atoms. The van der Waals surface area contributed by atoms with Gasteiger partial charge in [-0.05, 0) is 18.2 Å². The quantitative estimate of drug-likeness (QED) is 0.690.